The van der Waals surface area contributed by atoms with Crippen LogP contribution in [-0.4, -0.2) is 11.5 Å². The van der Waals surface area contributed by atoms with E-state index in [2.05, 4.69) is 24.1 Å². The monoisotopic (exact) mass is 248 g/mol. The van der Waals surface area contributed by atoms with Gasteiger partial charge in [-0.2, -0.15) is 0 Å². The number of oxazole rings is 1. The molecule has 96 valence electrons. The molecule has 0 spiro atoms. The molecule has 1 heterocycles. The summed E-state index contributed by atoms with van der Waals surface area (Å²) in [5.74, 6) is 0.775. The fourth-order valence-electron chi connectivity index (χ4n) is 1.74. The Balaban J connectivity index is 2.15. The predicted molar refractivity (Wildman–Crippen MR) is 68.4 cm³/mol. The van der Waals surface area contributed by atoms with Gasteiger partial charge in [-0.25, -0.2) is 9.37 Å². The molecular weight excluding hydrogens is 231 g/mol. The molecule has 1 aromatic carbocycles. The Hall–Kier alpha value is -1.68. The summed E-state index contributed by atoms with van der Waals surface area (Å²) in [4.78, 5) is 4.13. The van der Waals surface area contributed by atoms with E-state index in [9.17, 15) is 4.39 Å². The van der Waals surface area contributed by atoms with Crippen LogP contribution in [0.5, 0.6) is 0 Å². The second-order valence-electron chi connectivity index (χ2n) is 4.63. The highest BCUT2D eigenvalue weighted by molar-refractivity contribution is 5.60. The lowest BCUT2D eigenvalue weighted by Gasteiger charge is -2.07. The molecule has 0 amide bonds. The van der Waals surface area contributed by atoms with E-state index < -0.39 is 0 Å². The summed E-state index contributed by atoms with van der Waals surface area (Å²) in [6, 6.07) is 6.56. The van der Waals surface area contributed by atoms with Crippen molar-refractivity contribution in [3.63, 3.8) is 0 Å². The largest absolute Gasteiger partial charge is 0.443 e. The third-order valence-electron chi connectivity index (χ3n) is 2.60. The summed E-state index contributed by atoms with van der Waals surface area (Å²) in [5.41, 5.74) is 1.19. The highest BCUT2D eigenvalue weighted by atomic mass is 19.1. The topological polar surface area (TPSA) is 38.1 Å². The van der Waals surface area contributed by atoms with Crippen LogP contribution in [0.4, 0.5) is 4.39 Å². The van der Waals surface area contributed by atoms with Gasteiger partial charge in [0, 0.05) is 6.54 Å². The van der Waals surface area contributed by atoms with Crippen LogP contribution in [0, 0.1) is 11.7 Å². The summed E-state index contributed by atoms with van der Waals surface area (Å²) in [6.07, 6.45) is 1.36. The lowest BCUT2D eigenvalue weighted by Crippen LogP contribution is -2.19. The van der Waals surface area contributed by atoms with Crippen molar-refractivity contribution >= 4 is 0 Å². The van der Waals surface area contributed by atoms with Crippen molar-refractivity contribution in [3.8, 4) is 11.3 Å². The molecule has 1 N–H and O–H groups in total. The van der Waals surface area contributed by atoms with E-state index in [1.807, 2.05) is 0 Å². The maximum absolute atomic E-state index is 13.7. The molecule has 0 saturated carbocycles. The fourth-order valence-corrected chi connectivity index (χ4v) is 1.74. The fraction of sp³-hybridized carbons (Fsp3) is 0.357. The molecular formula is C14H17FN2O. The zero-order chi connectivity index (χ0) is 13.0. The first-order valence-corrected chi connectivity index (χ1v) is 6.06. The second-order valence-corrected chi connectivity index (χ2v) is 4.63. The standard InChI is InChI=1S/C14H17FN2O/c1-10(2)7-16-8-13-14(18-9-17-13)11-5-3-4-6-12(11)15/h3-6,9-10,16H,7-8H2,1-2H3. The number of halogens is 1. The number of hydrogen-bond acceptors (Lipinski definition) is 3. The van der Waals surface area contributed by atoms with Crippen LogP contribution in [0.3, 0.4) is 0 Å². The van der Waals surface area contributed by atoms with Gasteiger partial charge in [0.25, 0.3) is 0 Å². The van der Waals surface area contributed by atoms with Gasteiger partial charge in [-0.05, 0) is 24.6 Å². The van der Waals surface area contributed by atoms with Crippen LogP contribution >= 0.6 is 0 Å². The van der Waals surface area contributed by atoms with Crippen molar-refractivity contribution in [3.05, 3.63) is 42.2 Å². The van der Waals surface area contributed by atoms with Crippen molar-refractivity contribution in [2.24, 2.45) is 5.92 Å². The highest BCUT2D eigenvalue weighted by Crippen LogP contribution is 2.25. The normalized spacial score (nSPS) is 11.1. The Morgan fingerprint density at radius 1 is 1.33 bits per heavy atom. The highest BCUT2D eigenvalue weighted by Gasteiger charge is 2.13. The zero-order valence-electron chi connectivity index (χ0n) is 10.6. The van der Waals surface area contributed by atoms with Crippen LogP contribution in [0.15, 0.2) is 35.1 Å². The van der Waals surface area contributed by atoms with Crippen molar-refractivity contribution < 1.29 is 8.81 Å². The predicted octanol–water partition coefficient (Wildman–Crippen LogP) is 3.23. The number of nitrogens with zero attached hydrogens (tertiary/aromatic N) is 1. The van der Waals surface area contributed by atoms with Crippen molar-refractivity contribution in [2.45, 2.75) is 20.4 Å². The third-order valence-corrected chi connectivity index (χ3v) is 2.60. The minimum atomic E-state index is -0.292. The molecule has 0 aliphatic heterocycles. The first-order valence-electron chi connectivity index (χ1n) is 6.06. The molecule has 4 heteroatoms. The molecule has 0 fully saturated rings. The average molecular weight is 248 g/mol. The van der Waals surface area contributed by atoms with E-state index in [1.54, 1.807) is 18.2 Å². The van der Waals surface area contributed by atoms with Crippen LogP contribution in [0.25, 0.3) is 11.3 Å². The maximum atomic E-state index is 13.7. The molecule has 2 rings (SSSR count). The van der Waals surface area contributed by atoms with E-state index in [-0.39, 0.29) is 5.82 Å². The number of hydrogen-bond donors (Lipinski definition) is 1. The van der Waals surface area contributed by atoms with Gasteiger partial charge in [-0.1, -0.05) is 26.0 Å². The Bertz CT molecular complexity index is 508. The van der Waals surface area contributed by atoms with Crippen molar-refractivity contribution in [1.82, 2.24) is 10.3 Å². The Morgan fingerprint density at radius 3 is 2.83 bits per heavy atom. The molecule has 3 nitrogen and oxygen atoms in total. The summed E-state index contributed by atoms with van der Waals surface area (Å²) in [7, 11) is 0. The third kappa shape index (κ3) is 2.96. The van der Waals surface area contributed by atoms with Crippen LogP contribution < -0.4 is 5.32 Å². The molecule has 0 saturated heterocycles. The first-order chi connectivity index (χ1) is 8.68. The van der Waals surface area contributed by atoms with Gasteiger partial charge in [0.2, 0.25) is 0 Å². The molecule has 0 bridgehead atoms. The SMILES string of the molecule is CC(C)CNCc1ncoc1-c1ccccc1F. The van der Waals surface area contributed by atoms with Gasteiger partial charge < -0.3 is 9.73 Å². The molecule has 0 aliphatic rings. The summed E-state index contributed by atoms with van der Waals surface area (Å²) in [6.45, 7) is 5.74. The molecule has 1 aromatic heterocycles. The number of nitrogens with one attached hydrogen (secondary N) is 1. The van der Waals surface area contributed by atoms with E-state index in [0.29, 0.717) is 23.8 Å². The molecule has 0 radical (unpaired) electrons. The van der Waals surface area contributed by atoms with E-state index >= 15 is 0 Å². The van der Waals surface area contributed by atoms with Gasteiger partial charge in [0.05, 0.1) is 5.56 Å². The van der Waals surface area contributed by atoms with Gasteiger partial charge in [0.1, 0.15) is 11.5 Å². The summed E-state index contributed by atoms with van der Waals surface area (Å²) < 4.78 is 19.0. The molecule has 0 aliphatic carbocycles. The maximum Gasteiger partial charge on any atom is 0.181 e. The number of benzene rings is 1. The Morgan fingerprint density at radius 2 is 2.11 bits per heavy atom. The van der Waals surface area contributed by atoms with Crippen LogP contribution in [0.1, 0.15) is 19.5 Å². The van der Waals surface area contributed by atoms with E-state index in [4.69, 9.17) is 4.42 Å². The Kier molecular flexibility index (Phi) is 4.10. The number of aromatic nitrogens is 1. The van der Waals surface area contributed by atoms with Crippen LogP contribution in [-0.2, 0) is 6.54 Å². The van der Waals surface area contributed by atoms with E-state index in [0.717, 1.165) is 12.2 Å². The van der Waals surface area contributed by atoms with Gasteiger partial charge in [-0.15, -0.1) is 0 Å². The summed E-state index contributed by atoms with van der Waals surface area (Å²) in [5, 5.41) is 3.27. The van der Waals surface area contributed by atoms with Crippen LogP contribution in [0.2, 0.25) is 0 Å². The Labute approximate surface area is 106 Å². The van der Waals surface area contributed by atoms with Gasteiger partial charge in [0.15, 0.2) is 12.2 Å². The zero-order valence-corrected chi connectivity index (χ0v) is 10.6. The lowest BCUT2D eigenvalue weighted by molar-refractivity contribution is 0.542. The molecule has 0 unspecified atom stereocenters. The minimum absolute atomic E-state index is 0.292. The van der Waals surface area contributed by atoms with Gasteiger partial charge >= 0.3 is 0 Å². The first kappa shape index (κ1) is 12.8. The van der Waals surface area contributed by atoms with Gasteiger partial charge in [-0.3, -0.25) is 0 Å². The lowest BCUT2D eigenvalue weighted by atomic mass is 10.1. The van der Waals surface area contributed by atoms with E-state index in [1.165, 1.54) is 12.5 Å². The smallest absolute Gasteiger partial charge is 0.181 e. The molecule has 18 heavy (non-hydrogen) atoms. The second kappa shape index (κ2) is 5.78. The molecule has 0 atom stereocenters. The average Bonchev–Trinajstić information content (AvgIpc) is 2.77. The number of rotatable bonds is 5. The summed E-state index contributed by atoms with van der Waals surface area (Å²) >= 11 is 0. The van der Waals surface area contributed by atoms with Crippen molar-refractivity contribution in [1.29, 1.82) is 0 Å². The minimum Gasteiger partial charge on any atom is -0.443 e. The quantitative estimate of drug-likeness (QED) is 0.882. The molecule has 2 aromatic rings. The van der Waals surface area contributed by atoms with Crippen molar-refractivity contribution in [2.75, 3.05) is 6.54 Å².